The van der Waals surface area contributed by atoms with Crippen LogP contribution >= 0.6 is 0 Å². The summed E-state index contributed by atoms with van der Waals surface area (Å²) >= 11 is 0. The van der Waals surface area contributed by atoms with Gasteiger partial charge in [-0.3, -0.25) is 0 Å². The van der Waals surface area contributed by atoms with E-state index >= 15 is 0 Å². The molecule has 4 nitrogen and oxygen atoms in total. The molecule has 2 aromatic carbocycles. The van der Waals surface area contributed by atoms with Gasteiger partial charge in [-0.15, -0.1) is 0 Å². The molecule has 0 unspecified atom stereocenters. The lowest BCUT2D eigenvalue weighted by atomic mass is 10.1. The van der Waals surface area contributed by atoms with Gasteiger partial charge in [0.25, 0.3) is 0 Å². The van der Waals surface area contributed by atoms with E-state index in [1.54, 1.807) is 0 Å². The summed E-state index contributed by atoms with van der Waals surface area (Å²) in [6.07, 6.45) is -4.72. The van der Waals surface area contributed by atoms with Crippen molar-refractivity contribution in [2.75, 3.05) is 5.32 Å². The van der Waals surface area contributed by atoms with Crippen molar-refractivity contribution in [2.24, 2.45) is 0 Å². The van der Waals surface area contributed by atoms with Crippen molar-refractivity contribution in [1.29, 1.82) is 5.26 Å². The van der Waals surface area contributed by atoms with Gasteiger partial charge < -0.3 is 10.6 Å². The first-order chi connectivity index (χ1) is 11.3. The Morgan fingerprint density at radius 1 is 1.12 bits per heavy atom. The van der Waals surface area contributed by atoms with Crippen LogP contribution in [0.1, 0.15) is 16.7 Å². The van der Waals surface area contributed by atoms with E-state index in [0.29, 0.717) is 17.3 Å². The Morgan fingerprint density at radius 3 is 2.38 bits per heavy atom. The summed E-state index contributed by atoms with van der Waals surface area (Å²) in [5.41, 5.74) is -0.608. The zero-order chi connectivity index (χ0) is 17.7. The van der Waals surface area contributed by atoms with Gasteiger partial charge in [-0.1, -0.05) is 6.07 Å². The molecule has 0 heterocycles. The Balaban J connectivity index is 2.02. The van der Waals surface area contributed by atoms with Crippen LogP contribution < -0.4 is 10.6 Å². The number of hydrogen-bond acceptors (Lipinski definition) is 2. The lowest BCUT2D eigenvalue weighted by Gasteiger charge is -2.14. The highest BCUT2D eigenvalue weighted by Gasteiger charge is 2.33. The standard InChI is InChI=1S/C16H11F4N3O/c17-12-4-3-11(14(7-12)16(18,19)20)9-22-15(24)23-13-5-1-10(8-21)2-6-13/h1-7H,9H2,(H2,22,23,24). The van der Waals surface area contributed by atoms with Crippen LogP contribution in [0.25, 0.3) is 0 Å². The Bertz CT molecular complexity index is 779. The molecule has 0 aromatic heterocycles. The first-order valence-corrected chi connectivity index (χ1v) is 6.70. The first-order valence-electron chi connectivity index (χ1n) is 6.70. The van der Waals surface area contributed by atoms with Crippen molar-refractivity contribution >= 4 is 11.7 Å². The van der Waals surface area contributed by atoms with Crippen LogP contribution in [0.4, 0.5) is 28.0 Å². The van der Waals surface area contributed by atoms with Crippen LogP contribution in [0.3, 0.4) is 0 Å². The number of anilines is 1. The van der Waals surface area contributed by atoms with Gasteiger partial charge in [-0.05, 0) is 42.0 Å². The van der Waals surface area contributed by atoms with Gasteiger partial charge >= 0.3 is 12.2 Å². The lowest BCUT2D eigenvalue weighted by molar-refractivity contribution is -0.138. The predicted molar refractivity (Wildman–Crippen MR) is 78.4 cm³/mol. The molecule has 0 aliphatic heterocycles. The molecule has 0 bridgehead atoms. The molecule has 0 spiro atoms. The normalized spacial score (nSPS) is 10.8. The maximum Gasteiger partial charge on any atom is 0.416 e. The van der Waals surface area contributed by atoms with Crippen molar-refractivity contribution in [3.8, 4) is 6.07 Å². The third-order valence-electron chi connectivity index (χ3n) is 3.09. The minimum Gasteiger partial charge on any atom is -0.334 e. The monoisotopic (exact) mass is 337 g/mol. The number of benzene rings is 2. The summed E-state index contributed by atoms with van der Waals surface area (Å²) in [6, 6.07) is 9.37. The molecular weight excluding hydrogens is 326 g/mol. The third-order valence-corrected chi connectivity index (χ3v) is 3.09. The summed E-state index contributed by atoms with van der Waals surface area (Å²) in [7, 11) is 0. The smallest absolute Gasteiger partial charge is 0.334 e. The fourth-order valence-electron chi connectivity index (χ4n) is 1.95. The van der Waals surface area contributed by atoms with Gasteiger partial charge in [-0.2, -0.15) is 18.4 Å². The molecule has 8 heteroatoms. The SMILES string of the molecule is N#Cc1ccc(NC(=O)NCc2ccc(F)cc2C(F)(F)F)cc1. The van der Waals surface area contributed by atoms with E-state index in [1.165, 1.54) is 24.3 Å². The molecule has 0 atom stereocenters. The van der Waals surface area contributed by atoms with E-state index in [-0.39, 0.29) is 5.56 Å². The van der Waals surface area contributed by atoms with Crippen LogP contribution in [0, 0.1) is 17.1 Å². The highest BCUT2D eigenvalue weighted by atomic mass is 19.4. The van der Waals surface area contributed by atoms with E-state index in [1.807, 2.05) is 6.07 Å². The van der Waals surface area contributed by atoms with E-state index in [2.05, 4.69) is 10.6 Å². The summed E-state index contributed by atoms with van der Waals surface area (Å²) in [5, 5.41) is 13.4. The molecule has 0 aliphatic rings. The highest BCUT2D eigenvalue weighted by Crippen LogP contribution is 2.32. The number of alkyl halides is 3. The molecule has 0 saturated carbocycles. The number of carbonyl (C=O) groups excluding carboxylic acids is 1. The molecule has 24 heavy (non-hydrogen) atoms. The maximum absolute atomic E-state index is 13.0. The molecule has 2 aromatic rings. The van der Waals surface area contributed by atoms with E-state index in [4.69, 9.17) is 5.26 Å². The number of carbonyl (C=O) groups is 1. The number of hydrogen-bond donors (Lipinski definition) is 2. The minimum atomic E-state index is -4.72. The maximum atomic E-state index is 13.0. The van der Waals surface area contributed by atoms with E-state index in [9.17, 15) is 22.4 Å². The van der Waals surface area contributed by atoms with Crippen LogP contribution in [0.5, 0.6) is 0 Å². The lowest BCUT2D eigenvalue weighted by Crippen LogP contribution is -2.29. The Morgan fingerprint density at radius 2 is 1.79 bits per heavy atom. The molecule has 124 valence electrons. The number of nitriles is 1. The second-order valence-corrected chi connectivity index (χ2v) is 4.80. The average Bonchev–Trinajstić information content (AvgIpc) is 2.53. The average molecular weight is 337 g/mol. The topological polar surface area (TPSA) is 64.9 Å². The largest absolute Gasteiger partial charge is 0.416 e. The van der Waals surface area contributed by atoms with E-state index < -0.39 is 30.1 Å². The van der Waals surface area contributed by atoms with Gasteiger partial charge in [-0.25, -0.2) is 9.18 Å². The molecule has 2 N–H and O–H groups in total. The minimum absolute atomic E-state index is 0.251. The van der Waals surface area contributed by atoms with Gasteiger partial charge in [0.1, 0.15) is 5.82 Å². The van der Waals surface area contributed by atoms with E-state index in [0.717, 1.165) is 12.1 Å². The summed E-state index contributed by atoms with van der Waals surface area (Å²) < 4.78 is 51.6. The Kier molecular flexibility index (Phi) is 5.04. The summed E-state index contributed by atoms with van der Waals surface area (Å²) in [6.45, 7) is -0.419. The summed E-state index contributed by atoms with van der Waals surface area (Å²) in [5.74, 6) is -1.01. The fraction of sp³-hybridized carbons (Fsp3) is 0.125. The molecule has 0 aliphatic carbocycles. The number of halogens is 4. The Hall–Kier alpha value is -3.08. The van der Waals surface area contributed by atoms with Crippen molar-refractivity contribution in [3.63, 3.8) is 0 Å². The van der Waals surface area contributed by atoms with Crippen LogP contribution in [0.2, 0.25) is 0 Å². The predicted octanol–water partition coefficient (Wildman–Crippen LogP) is 4.04. The number of nitrogens with one attached hydrogen (secondary N) is 2. The molecule has 0 radical (unpaired) electrons. The number of nitrogens with zero attached hydrogens (tertiary/aromatic N) is 1. The number of amides is 2. The molecule has 0 fully saturated rings. The van der Waals surface area contributed by atoms with Crippen LogP contribution in [-0.4, -0.2) is 6.03 Å². The molecule has 2 amide bonds. The molecule has 0 saturated heterocycles. The molecular formula is C16H11F4N3O. The fourth-order valence-corrected chi connectivity index (χ4v) is 1.95. The second-order valence-electron chi connectivity index (χ2n) is 4.80. The van der Waals surface area contributed by atoms with Crippen LogP contribution in [-0.2, 0) is 12.7 Å². The van der Waals surface area contributed by atoms with Crippen molar-refractivity contribution in [1.82, 2.24) is 5.32 Å². The van der Waals surface area contributed by atoms with Crippen molar-refractivity contribution in [2.45, 2.75) is 12.7 Å². The summed E-state index contributed by atoms with van der Waals surface area (Å²) in [4.78, 5) is 11.7. The van der Waals surface area contributed by atoms with Gasteiger partial charge in [0, 0.05) is 12.2 Å². The quantitative estimate of drug-likeness (QED) is 0.830. The van der Waals surface area contributed by atoms with Crippen LogP contribution in [0.15, 0.2) is 42.5 Å². The van der Waals surface area contributed by atoms with Crippen molar-refractivity contribution < 1.29 is 22.4 Å². The molecule has 2 rings (SSSR count). The number of rotatable bonds is 3. The van der Waals surface area contributed by atoms with Gasteiger partial charge in [0.2, 0.25) is 0 Å². The van der Waals surface area contributed by atoms with Gasteiger partial charge in [0.15, 0.2) is 0 Å². The number of urea groups is 1. The zero-order valence-electron chi connectivity index (χ0n) is 12.1. The first kappa shape index (κ1) is 17.3. The Labute approximate surface area is 134 Å². The van der Waals surface area contributed by atoms with Gasteiger partial charge in [0.05, 0.1) is 17.2 Å². The third kappa shape index (κ3) is 4.46. The highest BCUT2D eigenvalue weighted by molar-refractivity contribution is 5.89. The van der Waals surface area contributed by atoms with Crippen molar-refractivity contribution in [3.05, 3.63) is 65.0 Å². The zero-order valence-corrected chi connectivity index (χ0v) is 12.1. The second kappa shape index (κ2) is 7.00.